The van der Waals surface area contributed by atoms with E-state index in [0.717, 1.165) is 12.0 Å². The van der Waals surface area contributed by atoms with Crippen LogP contribution >= 0.6 is 0 Å². The van der Waals surface area contributed by atoms with E-state index < -0.39 is 7.12 Å². The molecule has 19 heavy (non-hydrogen) atoms. The second-order valence-electron chi connectivity index (χ2n) is 5.20. The molecule has 0 bridgehead atoms. The molecule has 1 aromatic rings. The molecule has 0 aliphatic heterocycles. The molecule has 1 aromatic carbocycles. The lowest BCUT2D eigenvalue weighted by molar-refractivity contribution is 0.0387. The van der Waals surface area contributed by atoms with Crippen LogP contribution in [-0.4, -0.2) is 30.4 Å². The quantitative estimate of drug-likeness (QED) is 0.731. The minimum Gasteiger partial charge on any atom is -0.496 e. The van der Waals surface area contributed by atoms with Crippen molar-refractivity contribution in [3.63, 3.8) is 0 Å². The molecular weight excluding hydrogens is 243 g/mol. The Balaban J connectivity index is 2.72. The minimum absolute atomic E-state index is 0.160. The molecule has 0 saturated carbocycles. The van der Waals surface area contributed by atoms with Crippen molar-refractivity contribution in [1.29, 1.82) is 0 Å². The van der Waals surface area contributed by atoms with Gasteiger partial charge in [0.25, 0.3) is 0 Å². The lowest BCUT2D eigenvalue weighted by Gasteiger charge is -2.17. The van der Waals surface area contributed by atoms with Gasteiger partial charge in [-0.2, -0.15) is 0 Å². The van der Waals surface area contributed by atoms with Crippen molar-refractivity contribution in [3.8, 4) is 5.75 Å². The van der Waals surface area contributed by atoms with Crippen LogP contribution in [0.4, 0.5) is 0 Å². The van der Waals surface area contributed by atoms with E-state index in [1.165, 1.54) is 0 Å². The molecule has 1 rings (SSSR count). The summed E-state index contributed by atoms with van der Waals surface area (Å²) in [5.74, 6) is 1.28. The van der Waals surface area contributed by atoms with Gasteiger partial charge in [0, 0.05) is 5.56 Å². The standard InChI is InChI=1S/C14H23BO4/c1-10(2)7-11(3)19-9-12-8-13(15(16)17)5-6-14(12)18-4/h5-6,8,10-11,16-17H,7,9H2,1-4H3. The van der Waals surface area contributed by atoms with Gasteiger partial charge in [0.1, 0.15) is 5.75 Å². The van der Waals surface area contributed by atoms with Gasteiger partial charge in [-0.1, -0.05) is 26.0 Å². The fourth-order valence-electron chi connectivity index (χ4n) is 2.04. The summed E-state index contributed by atoms with van der Waals surface area (Å²) >= 11 is 0. The van der Waals surface area contributed by atoms with Crippen LogP contribution in [0, 0.1) is 5.92 Å². The summed E-state index contributed by atoms with van der Waals surface area (Å²) in [5, 5.41) is 18.4. The molecule has 0 aliphatic carbocycles. The number of hydrogen-bond donors (Lipinski definition) is 2. The van der Waals surface area contributed by atoms with Gasteiger partial charge >= 0.3 is 7.12 Å². The summed E-state index contributed by atoms with van der Waals surface area (Å²) in [6, 6.07) is 5.05. The largest absolute Gasteiger partial charge is 0.496 e. The van der Waals surface area contributed by atoms with Crippen LogP contribution < -0.4 is 10.2 Å². The van der Waals surface area contributed by atoms with Gasteiger partial charge in [-0.05, 0) is 30.8 Å². The maximum atomic E-state index is 9.18. The van der Waals surface area contributed by atoms with Gasteiger partial charge < -0.3 is 19.5 Å². The molecule has 4 nitrogen and oxygen atoms in total. The van der Waals surface area contributed by atoms with E-state index in [1.807, 2.05) is 6.92 Å². The van der Waals surface area contributed by atoms with E-state index in [9.17, 15) is 10.0 Å². The third-order valence-electron chi connectivity index (χ3n) is 2.93. The van der Waals surface area contributed by atoms with Crippen molar-refractivity contribution >= 4 is 12.6 Å². The van der Waals surface area contributed by atoms with Gasteiger partial charge in [0.15, 0.2) is 0 Å². The SMILES string of the molecule is COc1ccc(B(O)O)cc1COC(C)CC(C)C. The van der Waals surface area contributed by atoms with Crippen molar-refractivity contribution < 1.29 is 19.5 Å². The summed E-state index contributed by atoms with van der Waals surface area (Å²) in [5.41, 5.74) is 1.26. The Labute approximate surface area is 115 Å². The van der Waals surface area contributed by atoms with Crippen molar-refractivity contribution in [2.75, 3.05) is 7.11 Å². The molecule has 106 valence electrons. The van der Waals surface area contributed by atoms with Crippen molar-refractivity contribution in [2.24, 2.45) is 5.92 Å². The van der Waals surface area contributed by atoms with Crippen LogP contribution in [0.25, 0.3) is 0 Å². The molecule has 0 heterocycles. The number of benzene rings is 1. The summed E-state index contributed by atoms with van der Waals surface area (Å²) in [6.07, 6.45) is 1.15. The maximum Gasteiger partial charge on any atom is 0.488 e. The molecule has 0 spiro atoms. The Hall–Kier alpha value is -1.04. The van der Waals surface area contributed by atoms with Crippen LogP contribution in [-0.2, 0) is 11.3 Å². The first-order chi connectivity index (χ1) is 8.93. The van der Waals surface area contributed by atoms with Crippen LogP contribution in [0.2, 0.25) is 0 Å². The molecule has 1 atom stereocenters. The van der Waals surface area contributed by atoms with Gasteiger partial charge in [-0.3, -0.25) is 0 Å². The number of rotatable bonds is 7. The molecule has 0 aliphatic rings. The van der Waals surface area contributed by atoms with Crippen LogP contribution in [0.5, 0.6) is 5.75 Å². The van der Waals surface area contributed by atoms with Crippen molar-refractivity contribution in [2.45, 2.75) is 39.9 Å². The average molecular weight is 266 g/mol. The number of methoxy groups -OCH3 is 1. The number of ether oxygens (including phenoxy) is 2. The van der Waals surface area contributed by atoms with E-state index in [0.29, 0.717) is 23.7 Å². The third-order valence-corrected chi connectivity index (χ3v) is 2.93. The molecule has 0 aromatic heterocycles. The molecule has 2 N–H and O–H groups in total. The topological polar surface area (TPSA) is 58.9 Å². The molecular formula is C14H23BO4. The van der Waals surface area contributed by atoms with Crippen molar-refractivity contribution in [1.82, 2.24) is 0 Å². The van der Waals surface area contributed by atoms with E-state index in [2.05, 4.69) is 13.8 Å². The van der Waals surface area contributed by atoms with Gasteiger partial charge in [0.05, 0.1) is 19.8 Å². The Morgan fingerprint density at radius 2 is 1.89 bits per heavy atom. The predicted octanol–water partition coefficient (Wildman–Crippen LogP) is 1.33. The highest BCUT2D eigenvalue weighted by Crippen LogP contribution is 2.19. The van der Waals surface area contributed by atoms with Crippen LogP contribution in [0.15, 0.2) is 18.2 Å². The molecule has 5 heteroatoms. The monoisotopic (exact) mass is 266 g/mol. The zero-order valence-electron chi connectivity index (χ0n) is 12.1. The van der Waals surface area contributed by atoms with Gasteiger partial charge in [0.2, 0.25) is 0 Å². The van der Waals surface area contributed by atoms with E-state index in [-0.39, 0.29) is 6.10 Å². The number of hydrogen-bond acceptors (Lipinski definition) is 4. The predicted molar refractivity (Wildman–Crippen MR) is 76.5 cm³/mol. The summed E-state index contributed by atoms with van der Waals surface area (Å²) in [6.45, 7) is 6.75. The van der Waals surface area contributed by atoms with E-state index in [4.69, 9.17) is 9.47 Å². The lowest BCUT2D eigenvalue weighted by Crippen LogP contribution is -2.30. The summed E-state index contributed by atoms with van der Waals surface area (Å²) in [7, 11) is 0.114. The fraction of sp³-hybridized carbons (Fsp3) is 0.571. The van der Waals surface area contributed by atoms with Gasteiger partial charge in [-0.15, -0.1) is 0 Å². The lowest BCUT2D eigenvalue weighted by atomic mass is 9.79. The first-order valence-electron chi connectivity index (χ1n) is 6.58. The van der Waals surface area contributed by atoms with Gasteiger partial charge in [-0.25, -0.2) is 0 Å². The molecule has 0 amide bonds. The minimum atomic E-state index is -1.47. The zero-order chi connectivity index (χ0) is 14.4. The summed E-state index contributed by atoms with van der Waals surface area (Å²) < 4.78 is 11.0. The van der Waals surface area contributed by atoms with E-state index in [1.54, 1.807) is 25.3 Å². The third kappa shape index (κ3) is 5.23. The van der Waals surface area contributed by atoms with Crippen LogP contribution in [0.3, 0.4) is 0 Å². The molecule has 0 saturated heterocycles. The highest BCUT2D eigenvalue weighted by molar-refractivity contribution is 6.58. The normalized spacial score (nSPS) is 12.6. The van der Waals surface area contributed by atoms with Crippen molar-refractivity contribution in [3.05, 3.63) is 23.8 Å². The highest BCUT2D eigenvalue weighted by Gasteiger charge is 2.15. The van der Waals surface area contributed by atoms with Crippen LogP contribution in [0.1, 0.15) is 32.8 Å². The van der Waals surface area contributed by atoms with E-state index >= 15 is 0 Å². The molecule has 0 radical (unpaired) electrons. The zero-order valence-corrected chi connectivity index (χ0v) is 12.1. The highest BCUT2D eigenvalue weighted by atomic mass is 16.5. The second kappa shape index (κ2) is 7.53. The Morgan fingerprint density at radius 1 is 1.21 bits per heavy atom. The average Bonchev–Trinajstić information content (AvgIpc) is 2.35. The smallest absolute Gasteiger partial charge is 0.488 e. The first kappa shape index (κ1) is 16.0. The molecule has 0 fully saturated rings. The second-order valence-corrected chi connectivity index (χ2v) is 5.20. The maximum absolute atomic E-state index is 9.18. The molecule has 1 unspecified atom stereocenters. The fourth-order valence-corrected chi connectivity index (χ4v) is 2.04. The Bertz CT molecular complexity index is 393. The Morgan fingerprint density at radius 3 is 2.42 bits per heavy atom. The summed E-state index contributed by atoms with van der Waals surface area (Å²) in [4.78, 5) is 0. The Kier molecular flexibility index (Phi) is 6.35. The first-order valence-corrected chi connectivity index (χ1v) is 6.58.